The maximum absolute atomic E-state index is 12.4. The Morgan fingerprint density at radius 3 is 2.42 bits per heavy atom. The maximum Gasteiger partial charge on any atom is 0.239 e. The van der Waals surface area contributed by atoms with Gasteiger partial charge < -0.3 is 16.0 Å². The highest BCUT2D eigenvalue weighted by Gasteiger charge is 2.28. The van der Waals surface area contributed by atoms with Crippen LogP contribution < -0.4 is 11.1 Å². The molecule has 1 saturated carbocycles. The van der Waals surface area contributed by atoms with E-state index in [0.717, 1.165) is 32.4 Å². The van der Waals surface area contributed by atoms with Crippen LogP contribution in [0.15, 0.2) is 0 Å². The van der Waals surface area contributed by atoms with Crippen LogP contribution in [0.5, 0.6) is 0 Å². The van der Waals surface area contributed by atoms with Gasteiger partial charge in [-0.25, -0.2) is 0 Å². The first-order valence-corrected chi connectivity index (χ1v) is 9.96. The molecule has 2 fully saturated rings. The number of carbonyl (C=O) groups excluding carboxylic acids is 2. The van der Waals surface area contributed by atoms with E-state index in [2.05, 4.69) is 24.1 Å². The predicted molar refractivity (Wildman–Crippen MR) is 107 cm³/mol. The van der Waals surface area contributed by atoms with E-state index in [1.807, 2.05) is 11.8 Å². The first kappa shape index (κ1) is 23.2. The van der Waals surface area contributed by atoms with E-state index in [1.165, 1.54) is 12.8 Å². The summed E-state index contributed by atoms with van der Waals surface area (Å²) in [5.41, 5.74) is 6.06. The molecule has 1 heterocycles. The first-order chi connectivity index (χ1) is 11.9. The van der Waals surface area contributed by atoms with Crippen LogP contribution in [-0.2, 0) is 9.59 Å². The van der Waals surface area contributed by atoms with Crippen molar-refractivity contribution in [1.82, 2.24) is 15.1 Å². The molecule has 2 amide bonds. The molecule has 26 heavy (non-hydrogen) atoms. The van der Waals surface area contributed by atoms with Crippen molar-refractivity contribution in [1.29, 1.82) is 0 Å². The third-order valence-electron chi connectivity index (χ3n) is 5.89. The Labute approximate surface area is 164 Å². The molecule has 1 aliphatic heterocycles. The Kier molecular flexibility index (Phi) is 9.90. The number of rotatable bonds is 6. The number of halogens is 1. The predicted octanol–water partition coefficient (Wildman–Crippen LogP) is 1.62. The lowest BCUT2D eigenvalue weighted by molar-refractivity contribution is -0.135. The summed E-state index contributed by atoms with van der Waals surface area (Å²) in [4.78, 5) is 28.7. The Hall–Kier alpha value is -0.850. The molecule has 1 aliphatic carbocycles. The van der Waals surface area contributed by atoms with Crippen molar-refractivity contribution in [2.75, 3.05) is 32.7 Å². The summed E-state index contributed by atoms with van der Waals surface area (Å²) >= 11 is 0. The molecule has 0 spiro atoms. The van der Waals surface area contributed by atoms with Crippen LogP contribution in [0.2, 0.25) is 0 Å². The SMILES string of the molecule is CCC(C)C(N)C(=O)N1CCN(CC(=O)NC2CCCC(C)C2)CC1.Cl. The first-order valence-electron chi connectivity index (χ1n) is 9.96. The van der Waals surface area contributed by atoms with E-state index < -0.39 is 6.04 Å². The minimum atomic E-state index is -0.409. The van der Waals surface area contributed by atoms with Gasteiger partial charge >= 0.3 is 0 Å². The van der Waals surface area contributed by atoms with Crippen molar-refractivity contribution in [2.45, 2.75) is 65.0 Å². The van der Waals surface area contributed by atoms with Gasteiger partial charge in [0.1, 0.15) is 0 Å². The standard InChI is InChI=1S/C19H36N4O2.ClH/c1-4-15(3)18(20)19(25)23-10-8-22(9-11-23)13-17(24)21-16-7-5-6-14(2)12-16;/h14-16,18H,4-13,20H2,1-3H3,(H,21,24);1H. The van der Waals surface area contributed by atoms with E-state index in [0.29, 0.717) is 31.6 Å². The molecule has 0 aromatic carbocycles. The van der Waals surface area contributed by atoms with E-state index >= 15 is 0 Å². The number of carbonyl (C=O) groups is 2. The van der Waals surface area contributed by atoms with Crippen LogP contribution in [0.4, 0.5) is 0 Å². The highest BCUT2D eigenvalue weighted by Crippen LogP contribution is 2.23. The topological polar surface area (TPSA) is 78.7 Å². The summed E-state index contributed by atoms with van der Waals surface area (Å²) in [6, 6.07) is -0.0687. The molecule has 152 valence electrons. The van der Waals surface area contributed by atoms with Gasteiger partial charge in [-0.15, -0.1) is 12.4 Å². The second-order valence-electron chi connectivity index (χ2n) is 8.05. The minimum Gasteiger partial charge on any atom is -0.352 e. The van der Waals surface area contributed by atoms with Crippen LogP contribution in [0.25, 0.3) is 0 Å². The summed E-state index contributed by atoms with van der Waals surface area (Å²) in [6.45, 7) is 9.59. The Balaban J connectivity index is 0.00000338. The largest absolute Gasteiger partial charge is 0.352 e. The maximum atomic E-state index is 12.4. The molecule has 7 heteroatoms. The molecular formula is C19H37ClN4O2. The molecule has 6 nitrogen and oxygen atoms in total. The Morgan fingerprint density at radius 2 is 1.85 bits per heavy atom. The summed E-state index contributed by atoms with van der Waals surface area (Å²) < 4.78 is 0. The molecule has 4 unspecified atom stereocenters. The number of nitrogens with one attached hydrogen (secondary N) is 1. The fraction of sp³-hybridized carbons (Fsp3) is 0.895. The van der Waals surface area contributed by atoms with E-state index in [9.17, 15) is 9.59 Å². The third-order valence-corrected chi connectivity index (χ3v) is 5.89. The van der Waals surface area contributed by atoms with Gasteiger partial charge in [0, 0.05) is 32.2 Å². The van der Waals surface area contributed by atoms with Crippen molar-refractivity contribution >= 4 is 24.2 Å². The van der Waals surface area contributed by atoms with Crippen LogP contribution in [-0.4, -0.2) is 66.4 Å². The van der Waals surface area contributed by atoms with Gasteiger partial charge in [-0.3, -0.25) is 14.5 Å². The van der Waals surface area contributed by atoms with Crippen molar-refractivity contribution < 1.29 is 9.59 Å². The number of piperazine rings is 1. The van der Waals surface area contributed by atoms with Gasteiger partial charge in [-0.05, 0) is 24.7 Å². The number of hydrogen-bond acceptors (Lipinski definition) is 4. The lowest BCUT2D eigenvalue weighted by Gasteiger charge is -2.36. The quantitative estimate of drug-likeness (QED) is 0.724. The van der Waals surface area contributed by atoms with E-state index in [4.69, 9.17) is 5.73 Å². The smallest absolute Gasteiger partial charge is 0.239 e. The number of amides is 2. The summed E-state index contributed by atoms with van der Waals surface area (Å²) in [5.74, 6) is 1.09. The fourth-order valence-electron chi connectivity index (χ4n) is 3.88. The highest BCUT2D eigenvalue weighted by atomic mass is 35.5. The number of nitrogens with two attached hydrogens (primary N) is 1. The van der Waals surface area contributed by atoms with Gasteiger partial charge in [-0.1, -0.05) is 40.0 Å². The van der Waals surface area contributed by atoms with Gasteiger partial charge in [0.2, 0.25) is 11.8 Å². The summed E-state index contributed by atoms with van der Waals surface area (Å²) in [5, 5.41) is 3.19. The summed E-state index contributed by atoms with van der Waals surface area (Å²) in [6.07, 6.45) is 5.60. The Bertz CT molecular complexity index is 455. The molecule has 4 atom stereocenters. The van der Waals surface area contributed by atoms with Gasteiger partial charge in [0.05, 0.1) is 12.6 Å². The second kappa shape index (κ2) is 11.1. The minimum absolute atomic E-state index is 0. The normalized spacial score (nSPS) is 26.5. The van der Waals surface area contributed by atoms with Crippen LogP contribution in [0.3, 0.4) is 0 Å². The van der Waals surface area contributed by atoms with Crippen molar-refractivity contribution in [3.63, 3.8) is 0 Å². The molecule has 1 saturated heterocycles. The zero-order valence-electron chi connectivity index (χ0n) is 16.6. The van der Waals surface area contributed by atoms with Crippen molar-refractivity contribution in [3.8, 4) is 0 Å². The van der Waals surface area contributed by atoms with Gasteiger partial charge in [0.25, 0.3) is 0 Å². The van der Waals surface area contributed by atoms with Crippen LogP contribution in [0.1, 0.15) is 52.9 Å². The van der Waals surface area contributed by atoms with Crippen LogP contribution in [0, 0.1) is 11.8 Å². The van der Waals surface area contributed by atoms with Crippen LogP contribution >= 0.6 is 12.4 Å². The van der Waals surface area contributed by atoms with E-state index in [-0.39, 0.29) is 30.1 Å². The molecule has 0 aromatic rings. The molecule has 3 N–H and O–H groups in total. The van der Waals surface area contributed by atoms with Gasteiger partial charge in [-0.2, -0.15) is 0 Å². The molecule has 0 bridgehead atoms. The average Bonchev–Trinajstić information content (AvgIpc) is 2.60. The lowest BCUT2D eigenvalue weighted by Crippen LogP contribution is -2.56. The monoisotopic (exact) mass is 388 g/mol. The second-order valence-corrected chi connectivity index (χ2v) is 8.05. The molecule has 0 aromatic heterocycles. The van der Waals surface area contributed by atoms with Crippen molar-refractivity contribution in [2.24, 2.45) is 17.6 Å². The highest BCUT2D eigenvalue weighted by molar-refractivity contribution is 5.85. The lowest BCUT2D eigenvalue weighted by atomic mass is 9.87. The molecular weight excluding hydrogens is 352 g/mol. The number of nitrogens with zero attached hydrogens (tertiary/aromatic N) is 2. The molecule has 0 radical (unpaired) electrons. The molecule has 2 rings (SSSR count). The summed E-state index contributed by atoms with van der Waals surface area (Å²) in [7, 11) is 0. The zero-order chi connectivity index (χ0) is 18.4. The third kappa shape index (κ3) is 6.71. The Morgan fingerprint density at radius 1 is 1.19 bits per heavy atom. The van der Waals surface area contributed by atoms with Gasteiger partial charge in [0.15, 0.2) is 0 Å². The number of hydrogen-bond donors (Lipinski definition) is 2. The molecule has 2 aliphatic rings. The van der Waals surface area contributed by atoms with Crippen molar-refractivity contribution in [3.05, 3.63) is 0 Å². The zero-order valence-corrected chi connectivity index (χ0v) is 17.4. The van der Waals surface area contributed by atoms with E-state index in [1.54, 1.807) is 0 Å². The average molecular weight is 389 g/mol. The fourth-order valence-corrected chi connectivity index (χ4v) is 3.88.